The van der Waals surface area contributed by atoms with E-state index < -0.39 is 20.8 Å². The molecule has 0 bridgehead atoms. The van der Waals surface area contributed by atoms with E-state index in [4.69, 9.17) is 17.0 Å². The number of hydrogen-bond donors (Lipinski definition) is 0. The average Bonchev–Trinajstić information content (AvgIpc) is 3.67. The summed E-state index contributed by atoms with van der Waals surface area (Å²) in [5, 5.41) is 5.58. The summed E-state index contributed by atoms with van der Waals surface area (Å²) in [7, 11) is 10.7. The fourth-order valence-electron chi connectivity index (χ4n) is 5.78. The molecule has 0 aliphatic carbocycles. The molecule has 1 unspecified atom stereocenters. The topological polar surface area (TPSA) is 0 Å². The molecule has 1 aliphatic rings. The second-order valence-electron chi connectivity index (χ2n) is 10.7. The van der Waals surface area contributed by atoms with Crippen molar-refractivity contribution in [1.82, 2.24) is 0 Å². The normalized spacial score (nSPS) is 11.7. The summed E-state index contributed by atoms with van der Waals surface area (Å²) in [6, 6.07) is 47.2. The number of aryl methyl sites for hydroxylation is 1. The Morgan fingerprint density at radius 1 is 0.767 bits per heavy atom. The molecule has 2 radical (unpaired) electrons. The van der Waals surface area contributed by atoms with E-state index in [1.54, 1.807) is 0 Å². The van der Waals surface area contributed by atoms with E-state index in [0.29, 0.717) is 5.92 Å². The summed E-state index contributed by atoms with van der Waals surface area (Å²) >= 11 is -0.826. The molecule has 1 heterocycles. The van der Waals surface area contributed by atoms with Crippen LogP contribution in [-0.2, 0) is 27.3 Å². The molecular formula is C39H34Cl2SiZr. The van der Waals surface area contributed by atoms with Crippen LogP contribution in [0, 0.1) is 6.07 Å². The van der Waals surface area contributed by atoms with E-state index in [9.17, 15) is 0 Å². The van der Waals surface area contributed by atoms with Gasteiger partial charge in [0.05, 0.1) is 9.52 Å². The van der Waals surface area contributed by atoms with Gasteiger partial charge in [-0.1, -0.05) is 128 Å². The molecule has 0 saturated carbocycles. The van der Waals surface area contributed by atoms with Crippen molar-refractivity contribution < 1.29 is 20.8 Å². The molecule has 43 heavy (non-hydrogen) atoms. The number of halogens is 2. The minimum absolute atomic E-state index is 0.597. The Morgan fingerprint density at radius 2 is 1.42 bits per heavy atom. The number of hydrogen-bond acceptors (Lipinski definition) is 0. The van der Waals surface area contributed by atoms with Crippen LogP contribution in [0.1, 0.15) is 44.2 Å². The predicted molar refractivity (Wildman–Crippen MR) is 186 cm³/mol. The first kappa shape index (κ1) is 31.8. The number of benzene rings is 5. The quantitative estimate of drug-likeness (QED) is 0.124. The second kappa shape index (κ2) is 15.4. The van der Waals surface area contributed by atoms with E-state index in [0.717, 1.165) is 15.9 Å². The van der Waals surface area contributed by atoms with Crippen LogP contribution < -0.4 is 10.4 Å². The van der Waals surface area contributed by atoms with Gasteiger partial charge >= 0.3 is 37.9 Å². The van der Waals surface area contributed by atoms with Crippen LogP contribution in [0.3, 0.4) is 0 Å². The van der Waals surface area contributed by atoms with Gasteiger partial charge in [0.25, 0.3) is 0 Å². The minimum Gasteiger partial charge on any atom is -0.184 e. The van der Waals surface area contributed by atoms with Crippen molar-refractivity contribution in [1.29, 1.82) is 0 Å². The van der Waals surface area contributed by atoms with Gasteiger partial charge in [0.2, 0.25) is 0 Å². The Hall–Kier alpha value is -2.61. The molecular weight excluding hydrogens is 659 g/mol. The van der Waals surface area contributed by atoms with Gasteiger partial charge in [0, 0.05) is 0 Å². The summed E-state index contributed by atoms with van der Waals surface area (Å²) in [5.74, 6) is 0.597. The molecule has 1 atom stereocenters. The minimum atomic E-state index is -0.826. The Kier molecular flexibility index (Phi) is 11.4. The average molecular weight is 693 g/mol. The molecule has 7 rings (SSSR count). The first-order valence-electron chi connectivity index (χ1n) is 14.8. The maximum atomic E-state index is 4.93. The molecule has 4 heteroatoms. The SMILES string of the molecule is CCc1ccc2[cH-]c(C(C)CC)cc2c1-c1ccccc1-c1ccccc1.[Cl][Zr+2][Cl].[c-]1cccc2c1[Si]c1ccccc1-2. The van der Waals surface area contributed by atoms with E-state index >= 15 is 0 Å². The first-order chi connectivity index (χ1) is 21.1. The number of fused-ring (bicyclic) bond motifs is 4. The second-order valence-corrected chi connectivity index (χ2v) is 15.7. The van der Waals surface area contributed by atoms with Crippen LogP contribution in [-0.4, -0.2) is 9.52 Å². The zero-order valence-electron chi connectivity index (χ0n) is 24.8. The monoisotopic (exact) mass is 690 g/mol. The smallest absolute Gasteiger partial charge is 0.0920 e. The molecule has 1 aliphatic heterocycles. The molecule has 0 amide bonds. The van der Waals surface area contributed by atoms with Gasteiger partial charge in [0.15, 0.2) is 0 Å². The number of rotatable bonds is 5. The van der Waals surface area contributed by atoms with Crippen LogP contribution in [0.4, 0.5) is 0 Å². The van der Waals surface area contributed by atoms with Crippen LogP contribution in [0.15, 0.2) is 121 Å². The third kappa shape index (κ3) is 7.21. The van der Waals surface area contributed by atoms with Gasteiger partial charge in [-0.25, -0.2) is 0 Å². The van der Waals surface area contributed by atoms with Crippen LogP contribution >= 0.6 is 17.0 Å². The summed E-state index contributed by atoms with van der Waals surface area (Å²) < 4.78 is 0. The van der Waals surface area contributed by atoms with Crippen molar-refractivity contribution in [3.05, 3.63) is 139 Å². The van der Waals surface area contributed by atoms with Crippen molar-refractivity contribution in [2.45, 2.75) is 39.5 Å². The van der Waals surface area contributed by atoms with Gasteiger partial charge in [-0.2, -0.15) is 35.5 Å². The molecule has 212 valence electrons. The van der Waals surface area contributed by atoms with E-state index in [-0.39, 0.29) is 0 Å². The third-order valence-corrected chi connectivity index (χ3v) is 9.54. The standard InChI is InChI=1S/C27H27.C12H7Si.2ClH.Zr/c1-4-19(3)23-17-22-16-15-20(5-2)27(26(22)18-23)25-14-10-9-13-24(25)21-11-7-6-8-12-21;1-3-7-11-9(5-1)10-6-2-4-8-12(10)13-11;;;/h6-19H,4-5H2,1-3H3;1-7H;2*1H;/q2*-1;;;+4/p-2. The Balaban J connectivity index is 0.000000190. The fraction of sp³-hybridized carbons (Fsp3) is 0.154. The van der Waals surface area contributed by atoms with Gasteiger partial charge in [-0.05, 0) is 29.0 Å². The van der Waals surface area contributed by atoms with Crippen molar-refractivity contribution in [2.24, 2.45) is 0 Å². The molecule has 0 nitrogen and oxygen atoms in total. The van der Waals surface area contributed by atoms with E-state index in [2.05, 4.69) is 142 Å². The Bertz CT molecular complexity index is 1750. The van der Waals surface area contributed by atoms with E-state index in [1.165, 1.54) is 72.1 Å². The van der Waals surface area contributed by atoms with Gasteiger partial charge in [-0.15, -0.1) is 40.1 Å². The zero-order valence-corrected chi connectivity index (χ0v) is 29.8. The Labute approximate surface area is 278 Å². The molecule has 6 aromatic rings. The molecule has 0 N–H and O–H groups in total. The predicted octanol–water partition coefficient (Wildman–Crippen LogP) is 10.5. The Morgan fingerprint density at radius 3 is 2.14 bits per heavy atom. The largest absolute Gasteiger partial charge is 0.184 e. The fourth-order valence-corrected chi connectivity index (χ4v) is 7.09. The maximum Gasteiger partial charge on any atom is 0.0920 e. The first-order valence-corrected chi connectivity index (χ1v) is 22.1. The summed E-state index contributed by atoms with van der Waals surface area (Å²) in [5.41, 5.74) is 11.0. The van der Waals surface area contributed by atoms with Gasteiger partial charge in [0.1, 0.15) is 0 Å². The van der Waals surface area contributed by atoms with Crippen LogP contribution in [0.5, 0.6) is 0 Å². The van der Waals surface area contributed by atoms with Crippen molar-refractivity contribution in [3.63, 3.8) is 0 Å². The molecule has 0 fully saturated rings. The summed E-state index contributed by atoms with van der Waals surface area (Å²) in [6.45, 7) is 6.85. The van der Waals surface area contributed by atoms with Crippen molar-refractivity contribution in [3.8, 4) is 33.4 Å². The third-order valence-electron chi connectivity index (χ3n) is 8.18. The zero-order chi connectivity index (χ0) is 30.2. The van der Waals surface area contributed by atoms with Crippen molar-refractivity contribution >= 4 is 47.7 Å². The van der Waals surface area contributed by atoms with Gasteiger partial charge < -0.3 is 0 Å². The summed E-state index contributed by atoms with van der Waals surface area (Å²) in [4.78, 5) is 0. The van der Waals surface area contributed by atoms with Gasteiger partial charge in [-0.3, -0.25) is 0 Å². The van der Waals surface area contributed by atoms with Crippen molar-refractivity contribution in [2.75, 3.05) is 0 Å². The summed E-state index contributed by atoms with van der Waals surface area (Å²) in [6.07, 6.45) is 2.21. The van der Waals surface area contributed by atoms with Crippen LogP contribution in [0.25, 0.3) is 44.2 Å². The molecule has 0 aromatic heterocycles. The van der Waals surface area contributed by atoms with E-state index in [1.807, 2.05) is 6.07 Å². The molecule has 6 aromatic carbocycles. The maximum absolute atomic E-state index is 4.93. The van der Waals surface area contributed by atoms with Crippen LogP contribution in [0.2, 0.25) is 0 Å². The molecule has 0 spiro atoms. The molecule has 0 saturated heterocycles.